The van der Waals surface area contributed by atoms with Gasteiger partial charge in [0.1, 0.15) is 11.5 Å². The molecule has 0 radical (unpaired) electrons. The van der Waals surface area contributed by atoms with Gasteiger partial charge in [0.25, 0.3) is 0 Å². The molecule has 0 bridgehead atoms. The van der Waals surface area contributed by atoms with Crippen LogP contribution in [0, 0.1) is 0 Å². The van der Waals surface area contributed by atoms with E-state index in [4.69, 9.17) is 9.47 Å². The van der Waals surface area contributed by atoms with Crippen LogP contribution in [0.25, 0.3) is 6.08 Å². The van der Waals surface area contributed by atoms with E-state index in [-0.39, 0.29) is 5.78 Å². The predicted molar refractivity (Wildman–Crippen MR) is 98.0 cm³/mol. The highest BCUT2D eigenvalue weighted by Crippen LogP contribution is 2.16. The maximum absolute atomic E-state index is 11.9. The van der Waals surface area contributed by atoms with Gasteiger partial charge in [0.2, 0.25) is 0 Å². The van der Waals surface area contributed by atoms with E-state index in [0.717, 1.165) is 24.2 Å². The van der Waals surface area contributed by atoms with Gasteiger partial charge in [-0.1, -0.05) is 25.5 Å². The van der Waals surface area contributed by atoms with Gasteiger partial charge in [-0.05, 0) is 54.5 Å². The number of Topliss-reactive ketones (excluding diaryl/α,β-unsaturated/α-hetero) is 1. The lowest BCUT2D eigenvalue weighted by molar-refractivity contribution is -0.128. The van der Waals surface area contributed by atoms with Gasteiger partial charge in [0, 0.05) is 18.1 Å². The first-order valence-corrected chi connectivity index (χ1v) is 8.29. The molecule has 0 N–H and O–H groups in total. The summed E-state index contributed by atoms with van der Waals surface area (Å²) in [5, 5.41) is 0. The summed E-state index contributed by atoms with van der Waals surface area (Å²) >= 11 is 0. The van der Waals surface area contributed by atoms with Crippen LogP contribution in [0.5, 0.6) is 11.5 Å². The second-order valence-corrected chi connectivity index (χ2v) is 5.58. The van der Waals surface area contributed by atoms with Crippen molar-refractivity contribution in [3.8, 4) is 11.5 Å². The molecule has 0 aliphatic rings. The quantitative estimate of drug-likeness (QED) is 0.303. The fraction of sp³-hybridized carbons (Fsp3) is 0.238. The minimum absolute atomic E-state index is 0.110. The van der Waals surface area contributed by atoms with Gasteiger partial charge in [0.05, 0.1) is 7.11 Å². The summed E-state index contributed by atoms with van der Waals surface area (Å²) in [6.07, 6.45) is 5.44. The van der Waals surface area contributed by atoms with Gasteiger partial charge >= 0.3 is 5.97 Å². The minimum Gasteiger partial charge on any atom is -0.497 e. The molecule has 0 aliphatic heterocycles. The summed E-state index contributed by atoms with van der Waals surface area (Å²) in [5.41, 5.74) is 1.51. The Balaban J connectivity index is 1.91. The summed E-state index contributed by atoms with van der Waals surface area (Å²) in [7, 11) is 1.60. The van der Waals surface area contributed by atoms with E-state index in [2.05, 4.69) is 6.92 Å². The third-order valence-corrected chi connectivity index (χ3v) is 3.68. The molecule has 0 saturated heterocycles. The number of carbonyl (C=O) groups excluding carboxylic acids is 2. The fourth-order valence-corrected chi connectivity index (χ4v) is 2.22. The van der Waals surface area contributed by atoms with Crippen LogP contribution < -0.4 is 9.47 Å². The molecule has 4 nitrogen and oxygen atoms in total. The van der Waals surface area contributed by atoms with Gasteiger partial charge < -0.3 is 9.47 Å². The predicted octanol–water partition coefficient (Wildman–Crippen LogP) is 4.69. The van der Waals surface area contributed by atoms with E-state index in [1.807, 2.05) is 24.3 Å². The Hall–Kier alpha value is -2.88. The van der Waals surface area contributed by atoms with Gasteiger partial charge in [-0.3, -0.25) is 4.79 Å². The Morgan fingerprint density at radius 2 is 1.60 bits per heavy atom. The van der Waals surface area contributed by atoms with E-state index >= 15 is 0 Å². The van der Waals surface area contributed by atoms with Crippen molar-refractivity contribution in [2.75, 3.05) is 7.11 Å². The molecular formula is C21H22O4. The smallest absolute Gasteiger partial charge is 0.336 e. The van der Waals surface area contributed by atoms with Crippen LogP contribution in [0.15, 0.2) is 54.6 Å². The molecule has 0 aromatic heterocycles. The summed E-state index contributed by atoms with van der Waals surface area (Å²) in [5.74, 6) is 0.810. The van der Waals surface area contributed by atoms with E-state index < -0.39 is 5.97 Å². The monoisotopic (exact) mass is 338 g/mol. The molecule has 0 fully saturated rings. The molecule has 0 saturated carbocycles. The van der Waals surface area contributed by atoms with Crippen molar-refractivity contribution in [2.24, 2.45) is 0 Å². The van der Waals surface area contributed by atoms with Crippen molar-refractivity contribution in [3.63, 3.8) is 0 Å². The Kier molecular flexibility index (Phi) is 6.96. The second kappa shape index (κ2) is 9.42. The number of methoxy groups -OCH3 is 1. The van der Waals surface area contributed by atoms with Crippen molar-refractivity contribution in [2.45, 2.75) is 26.2 Å². The average Bonchev–Trinajstić information content (AvgIpc) is 2.65. The largest absolute Gasteiger partial charge is 0.497 e. The van der Waals surface area contributed by atoms with Crippen molar-refractivity contribution in [3.05, 3.63) is 65.7 Å². The van der Waals surface area contributed by atoms with Crippen molar-refractivity contribution >= 4 is 17.8 Å². The van der Waals surface area contributed by atoms with E-state index in [1.54, 1.807) is 37.5 Å². The van der Waals surface area contributed by atoms with Crippen LogP contribution in [0.4, 0.5) is 0 Å². The molecule has 2 aromatic carbocycles. The van der Waals surface area contributed by atoms with Gasteiger partial charge in [-0.25, -0.2) is 4.79 Å². The van der Waals surface area contributed by atoms with Crippen LogP contribution in [-0.4, -0.2) is 18.9 Å². The molecule has 0 atom stereocenters. The van der Waals surface area contributed by atoms with Crippen LogP contribution in [-0.2, 0) is 4.79 Å². The summed E-state index contributed by atoms with van der Waals surface area (Å²) in [4.78, 5) is 23.8. The number of esters is 1. The van der Waals surface area contributed by atoms with Crippen LogP contribution in [0.3, 0.4) is 0 Å². The zero-order valence-electron chi connectivity index (χ0n) is 14.5. The highest BCUT2D eigenvalue weighted by atomic mass is 16.5. The molecule has 0 spiro atoms. The maximum atomic E-state index is 11.9. The first-order valence-electron chi connectivity index (χ1n) is 8.29. The van der Waals surface area contributed by atoms with Crippen LogP contribution in [0.2, 0.25) is 0 Å². The third-order valence-electron chi connectivity index (χ3n) is 3.68. The number of hydrogen-bond donors (Lipinski definition) is 0. The number of carbonyl (C=O) groups is 2. The molecule has 2 aromatic rings. The number of benzene rings is 2. The van der Waals surface area contributed by atoms with E-state index in [0.29, 0.717) is 17.7 Å². The summed E-state index contributed by atoms with van der Waals surface area (Å²) < 4.78 is 10.3. The second-order valence-electron chi connectivity index (χ2n) is 5.58. The zero-order chi connectivity index (χ0) is 18.1. The normalized spacial score (nSPS) is 10.6. The maximum Gasteiger partial charge on any atom is 0.336 e. The number of ether oxygens (including phenoxy) is 2. The van der Waals surface area contributed by atoms with Crippen molar-refractivity contribution in [1.29, 1.82) is 0 Å². The fourth-order valence-electron chi connectivity index (χ4n) is 2.22. The highest BCUT2D eigenvalue weighted by Gasteiger charge is 2.06. The van der Waals surface area contributed by atoms with Gasteiger partial charge in [0.15, 0.2) is 5.78 Å². The number of unbranched alkanes of at least 4 members (excludes halogenated alkanes) is 1. The average molecular weight is 338 g/mol. The Bertz CT molecular complexity index is 727. The molecule has 25 heavy (non-hydrogen) atoms. The molecule has 2 rings (SSSR count). The molecule has 0 amide bonds. The highest BCUT2D eigenvalue weighted by molar-refractivity contribution is 5.96. The van der Waals surface area contributed by atoms with Crippen molar-refractivity contribution < 1.29 is 19.1 Å². The molecule has 0 aliphatic carbocycles. The zero-order valence-corrected chi connectivity index (χ0v) is 14.5. The van der Waals surface area contributed by atoms with E-state index in [1.165, 1.54) is 6.08 Å². The number of ketones is 1. The standard InChI is InChI=1S/C21H22O4/c1-3-4-5-20(22)17-9-13-19(14-10-17)25-21(23)15-8-16-6-11-18(24-2)12-7-16/h6-15H,3-5H2,1-2H3. The Morgan fingerprint density at radius 3 is 2.20 bits per heavy atom. The topological polar surface area (TPSA) is 52.6 Å². The number of rotatable bonds is 8. The molecule has 0 unspecified atom stereocenters. The number of hydrogen-bond acceptors (Lipinski definition) is 4. The minimum atomic E-state index is -0.471. The first kappa shape index (κ1) is 18.5. The Labute approximate surface area is 148 Å². The summed E-state index contributed by atoms with van der Waals surface area (Å²) in [6.45, 7) is 2.05. The molecule has 4 heteroatoms. The van der Waals surface area contributed by atoms with Gasteiger partial charge in [-0.2, -0.15) is 0 Å². The SMILES string of the molecule is CCCCC(=O)c1ccc(OC(=O)C=Cc2ccc(OC)cc2)cc1. The van der Waals surface area contributed by atoms with Crippen LogP contribution in [0.1, 0.15) is 42.1 Å². The van der Waals surface area contributed by atoms with Crippen LogP contribution >= 0.6 is 0 Å². The van der Waals surface area contributed by atoms with Crippen molar-refractivity contribution in [1.82, 2.24) is 0 Å². The lowest BCUT2D eigenvalue weighted by atomic mass is 10.1. The lowest BCUT2D eigenvalue weighted by Crippen LogP contribution is -2.04. The lowest BCUT2D eigenvalue weighted by Gasteiger charge is -2.04. The summed E-state index contributed by atoms with van der Waals surface area (Å²) in [6, 6.07) is 14.0. The van der Waals surface area contributed by atoms with E-state index in [9.17, 15) is 9.59 Å². The molecule has 0 heterocycles. The molecule has 130 valence electrons. The van der Waals surface area contributed by atoms with Gasteiger partial charge in [-0.15, -0.1) is 0 Å². The molecular weight excluding hydrogens is 316 g/mol. The third kappa shape index (κ3) is 5.92. The Morgan fingerprint density at radius 1 is 0.960 bits per heavy atom. The first-order chi connectivity index (χ1) is 12.1.